The van der Waals surface area contributed by atoms with Gasteiger partial charge in [-0.15, -0.1) is 11.3 Å². The maximum absolute atomic E-state index is 13.4. The maximum atomic E-state index is 13.4. The highest BCUT2D eigenvalue weighted by atomic mass is 32.1. The predicted molar refractivity (Wildman–Crippen MR) is 95.3 cm³/mol. The minimum atomic E-state index is -0.324. The second kappa shape index (κ2) is 6.09. The van der Waals surface area contributed by atoms with Crippen LogP contribution in [0.1, 0.15) is 37.1 Å². The molecular formula is C19H21FN2O2S. The van der Waals surface area contributed by atoms with Gasteiger partial charge in [0.05, 0.1) is 17.8 Å². The molecule has 4 rings (SSSR count). The van der Waals surface area contributed by atoms with E-state index in [9.17, 15) is 9.18 Å². The van der Waals surface area contributed by atoms with Crippen molar-refractivity contribution in [2.75, 3.05) is 20.2 Å². The van der Waals surface area contributed by atoms with E-state index >= 15 is 0 Å². The average molecular weight is 360 g/mol. The Kier molecular flexibility index (Phi) is 4.02. The molecule has 1 aromatic heterocycles. The molecule has 4 nitrogen and oxygen atoms in total. The fourth-order valence-corrected chi connectivity index (χ4v) is 4.35. The molecule has 1 atom stereocenters. The van der Waals surface area contributed by atoms with Crippen molar-refractivity contribution in [3.8, 4) is 17.0 Å². The number of halogens is 1. The lowest BCUT2D eigenvalue weighted by Gasteiger charge is -2.20. The summed E-state index contributed by atoms with van der Waals surface area (Å²) in [5.41, 5.74) is 1.49. The van der Waals surface area contributed by atoms with Crippen LogP contribution in [0.3, 0.4) is 0 Å². The van der Waals surface area contributed by atoms with E-state index in [1.807, 2.05) is 10.3 Å². The third kappa shape index (κ3) is 3.03. The molecular weight excluding hydrogens is 339 g/mol. The zero-order valence-electron chi connectivity index (χ0n) is 14.4. The Morgan fingerprint density at radius 2 is 2.24 bits per heavy atom. The van der Waals surface area contributed by atoms with Gasteiger partial charge in [-0.1, -0.05) is 6.92 Å². The van der Waals surface area contributed by atoms with E-state index in [2.05, 4.69) is 6.92 Å². The van der Waals surface area contributed by atoms with Gasteiger partial charge < -0.3 is 9.64 Å². The van der Waals surface area contributed by atoms with Crippen molar-refractivity contribution in [1.29, 1.82) is 0 Å². The van der Waals surface area contributed by atoms with Crippen molar-refractivity contribution in [3.05, 3.63) is 34.4 Å². The second-order valence-corrected chi connectivity index (χ2v) is 8.10. The highest BCUT2D eigenvalue weighted by Crippen LogP contribution is 2.47. The van der Waals surface area contributed by atoms with Crippen LogP contribution in [0.4, 0.5) is 4.39 Å². The summed E-state index contributed by atoms with van der Waals surface area (Å²) in [5.74, 6) is 0.750. The Bertz CT molecular complexity index is 816. The number of amides is 1. The van der Waals surface area contributed by atoms with Crippen molar-refractivity contribution in [1.82, 2.24) is 9.88 Å². The van der Waals surface area contributed by atoms with Gasteiger partial charge in [0.15, 0.2) is 0 Å². The first-order valence-electron chi connectivity index (χ1n) is 8.59. The highest BCUT2D eigenvalue weighted by molar-refractivity contribution is 7.10. The van der Waals surface area contributed by atoms with Crippen LogP contribution in [0.5, 0.6) is 5.75 Å². The van der Waals surface area contributed by atoms with Crippen LogP contribution in [0.25, 0.3) is 11.3 Å². The van der Waals surface area contributed by atoms with Gasteiger partial charge in [-0.25, -0.2) is 9.37 Å². The second-order valence-electron chi connectivity index (χ2n) is 7.21. The first-order valence-corrected chi connectivity index (χ1v) is 9.47. The number of likely N-dealkylation sites (tertiary alicyclic amines) is 1. The molecule has 1 saturated heterocycles. The number of ether oxygens (including phenoxy) is 1. The molecule has 1 aliphatic heterocycles. The molecule has 132 valence electrons. The Morgan fingerprint density at radius 1 is 1.44 bits per heavy atom. The van der Waals surface area contributed by atoms with E-state index < -0.39 is 0 Å². The van der Waals surface area contributed by atoms with Crippen molar-refractivity contribution in [2.24, 2.45) is 5.41 Å². The summed E-state index contributed by atoms with van der Waals surface area (Å²) in [7, 11) is 1.53. The summed E-state index contributed by atoms with van der Waals surface area (Å²) >= 11 is 1.60. The molecule has 0 bridgehead atoms. The largest absolute Gasteiger partial charge is 0.496 e. The van der Waals surface area contributed by atoms with Crippen LogP contribution >= 0.6 is 11.3 Å². The van der Waals surface area contributed by atoms with Gasteiger partial charge in [0.1, 0.15) is 11.6 Å². The summed E-state index contributed by atoms with van der Waals surface area (Å²) in [6.45, 7) is 3.63. The molecule has 2 heterocycles. The van der Waals surface area contributed by atoms with Gasteiger partial charge in [0.2, 0.25) is 5.91 Å². The molecule has 25 heavy (non-hydrogen) atoms. The van der Waals surface area contributed by atoms with Crippen LogP contribution in [-0.2, 0) is 4.79 Å². The number of nitrogens with zero attached hydrogens (tertiary/aromatic N) is 2. The molecule has 2 fully saturated rings. The van der Waals surface area contributed by atoms with Crippen molar-refractivity contribution in [3.63, 3.8) is 0 Å². The number of hydrogen-bond donors (Lipinski definition) is 0. The number of carbonyl (C=O) groups is 1. The fourth-order valence-electron chi connectivity index (χ4n) is 3.40. The molecule has 2 aromatic rings. The van der Waals surface area contributed by atoms with Crippen molar-refractivity contribution >= 4 is 17.2 Å². The molecule has 1 amide bonds. The first-order chi connectivity index (χ1) is 12.0. The number of benzene rings is 1. The zero-order valence-corrected chi connectivity index (χ0v) is 15.2. The third-order valence-electron chi connectivity index (χ3n) is 5.30. The van der Waals surface area contributed by atoms with Gasteiger partial charge in [-0.3, -0.25) is 4.79 Å². The number of carbonyl (C=O) groups excluding carboxylic acids is 1. The molecule has 0 radical (unpaired) electrons. The summed E-state index contributed by atoms with van der Waals surface area (Å²) in [5, 5.41) is 3.02. The zero-order chi connectivity index (χ0) is 17.6. The fraction of sp³-hybridized carbons (Fsp3) is 0.474. The standard InChI is InChI=1S/C19H21FN2O2S/c1-19(6-7-19)18(23)22-8-5-12(10-22)17-21-15(11-25-17)14-4-3-13(20)9-16(14)24-2/h3-4,9,11-12H,5-8,10H2,1-2H3/t12-/m1/s1. The minimum Gasteiger partial charge on any atom is -0.496 e. The summed E-state index contributed by atoms with van der Waals surface area (Å²) in [4.78, 5) is 19.3. The number of rotatable bonds is 4. The van der Waals surface area contributed by atoms with Gasteiger partial charge in [0, 0.05) is 41.4 Å². The average Bonchev–Trinajstić information content (AvgIpc) is 3.05. The van der Waals surface area contributed by atoms with Gasteiger partial charge >= 0.3 is 0 Å². The summed E-state index contributed by atoms with van der Waals surface area (Å²) in [6.07, 6.45) is 2.98. The molecule has 1 saturated carbocycles. The van der Waals surface area contributed by atoms with Gasteiger partial charge in [0.25, 0.3) is 0 Å². The number of methoxy groups -OCH3 is 1. The van der Waals surface area contributed by atoms with E-state index in [1.54, 1.807) is 17.4 Å². The van der Waals surface area contributed by atoms with Crippen LogP contribution in [0, 0.1) is 11.2 Å². The highest BCUT2D eigenvalue weighted by Gasteiger charge is 2.48. The minimum absolute atomic E-state index is 0.107. The third-order valence-corrected chi connectivity index (χ3v) is 6.31. The summed E-state index contributed by atoms with van der Waals surface area (Å²) < 4.78 is 18.7. The number of hydrogen-bond acceptors (Lipinski definition) is 4. The Balaban J connectivity index is 1.51. The van der Waals surface area contributed by atoms with Crippen molar-refractivity contribution in [2.45, 2.75) is 32.1 Å². The quantitative estimate of drug-likeness (QED) is 0.825. The molecule has 2 aliphatic rings. The van der Waals surface area contributed by atoms with E-state index in [4.69, 9.17) is 9.72 Å². The SMILES string of the molecule is COc1cc(F)ccc1-c1csc([C@@H]2CCN(C(=O)C3(C)CC3)C2)n1. The Hall–Kier alpha value is -1.95. The van der Waals surface area contributed by atoms with Crippen LogP contribution in [-0.4, -0.2) is 36.0 Å². The van der Waals surface area contributed by atoms with E-state index in [0.717, 1.165) is 48.6 Å². The maximum Gasteiger partial charge on any atom is 0.228 e. The lowest BCUT2D eigenvalue weighted by atomic mass is 10.1. The number of aromatic nitrogens is 1. The monoisotopic (exact) mass is 360 g/mol. The lowest BCUT2D eigenvalue weighted by Crippen LogP contribution is -2.34. The molecule has 6 heteroatoms. The first kappa shape index (κ1) is 16.5. The van der Waals surface area contributed by atoms with Crippen LogP contribution in [0.15, 0.2) is 23.6 Å². The normalized spacial score (nSPS) is 21.4. The molecule has 0 unspecified atom stereocenters. The molecule has 1 aromatic carbocycles. The Morgan fingerprint density at radius 3 is 2.96 bits per heavy atom. The Labute approximate surface area is 150 Å². The van der Waals surface area contributed by atoms with Gasteiger partial charge in [-0.05, 0) is 31.4 Å². The van der Waals surface area contributed by atoms with E-state index in [1.165, 1.54) is 19.2 Å². The summed E-state index contributed by atoms with van der Waals surface area (Å²) in [6, 6.07) is 4.50. The van der Waals surface area contributed by atoms with Crippen LogP contribution < -0.4 is 4.74 Å². The van der Waals surface area contributed by atoms with Gasteiger partial charge in [-0.2, -0.15) is 0 Å². The molecule has 0 spiro atoms. The topological polar surface area (TPSA) is 42.4 Å². The smallest absolute Gasteiger partial charge is 0.228 e. The molecule has 1 aliphatic carbocycles. The lowest BCUT2D eigenvalue weighted by molar-refractivity contribution is -0.135. The van der Waals surface area contributed by atoms with Crippen LogP contribution in [0.2, 0.25) is 0 Å². The van der Waals surface area contributed by atoms with E-state index in [-0.39, 0.29) is 17.2 Å². The predicted octanol–water partition coefficient (Wildman–Crippen LogP) is 4.07. The molecule has 0 N–H and O–H groups in total. The van der Waals surface area contributed by atoms with Crippen molar-refractivity contribution < 1.29 is 13.9 Å². The van der Waals surface area contributed by atoms with E-state index in [0.29, 0.717) is 11.7 Å². The number of thiazole rings is 1.